The van der Waals surface area contributed by atoms with Crippen LogP contribution in [0.3, 0.4) is 0 Å². The Morgan fingerprint density at radius 1 is 1.44 bits per heavy atom. The van der Waals surface area contributed by atoms with Gasteiger partial charge in [0.05, 0.1) is 11.8 Å². The lowest BCUT2D eigenvalue weighted by Gasteiger charge is -2.05. The van der Waals surface area contributed by atoms with E-state index in [9.17, 15) is 0 Å². The van der Waals surface area contributed by atoms with Gasteiger partial charge in [0, 0.05) is 0 Å². The summed E-state index contributed by atoms with van der Waals surface area (Å²) in [5.74, 6) is 1.67. The summed E-state index contributed by atoms with van der Waals surface area (Å²) in [7, 11) is 0. The highest BCUT2D eigenvalue weighted by Crippen LogP contribution is 2.10. The van der Waals surface area contributed by atoms with E-state index in [0.717, 1.165) is 0 Å². The molecule has 0 unspecified atom stereocenters. The highest BCUT2D eigenvalue weighted by molar-refractivity contribution is 5.97. The lowest BCUT2D eigenvalue weighted by molar-refractivity contribution is 0.776. The highest BCUT2D eigenvalue weighted by Gasteiger charge is 2.13. The smallest absolute Gasteiger partial charge is 0.188 e. The number of nitrogens with zero attached hydrogens (tertiary/aromatic N) is 5. The summed E-state index contributed by atoms with van der Waals surface area (Å²) < 4.78 is 1.53. The number of nitrogens with two attached hydrogens (primary N) is 1. The van der Waals surface area contributed by atoms with Crippen molar-refractivity contribution in [2.75, 3.05) is 0 Å². The number of nitrogens with one attached hydrogen (secondary N) is 1. The first-order valence-corrected chi connectivity index (χ1v) is 4.66. The molecule has 0 saturated carbocycles. The standard InChI is InChI=1S/C9H11N7/c1-5-13-6(2)16(15-5)9-7(8(10)11)3-4-12-14-9/h3-4H,1-2H3,(H3,10,11). The minimum absolute atomic E-state index is 0.0718. The summed E-state index contributed by atoms with van der Waals surface area (Å²) in [5, 5.41) is 19.3. The molecule has 2 rings (SSSR count). The summed E-state index contributed by atoms with van der Waals surface area (Å²) in [6.07, 6.45) is 1.49. The van der Waals surface area contributed by atoms with Crippen molar-refractivity contribution in [2.45, 2.75) is 13.8 Å². The van der Waals surface area contributed by atoms with Crippen LogP contribution in [0, 0.1) is 19.3 Å². The molecule has 7 heteroatoms. The highest BCUT2D eigenvalue weighted by atomic mass is 15.4. The van der Waals surface area contributed by atoms with Gasteiger partial charge in [-0.15, -0.1) is 10.2 Å². The van der Waals surface area contributed by atoms with Crippen LogP contribution in [0.1, 0.15) is 17.2 Å². The fourth-order valence-corrected chi connectivity index (χ4v) is 1.41. The molecule has 7 nitrogen and oxygen atoms in total. The van der Waals surface area contributed by atoms with Crippen LogP contribution in [0.25, 0.3) is 5.82 Å². The molecule has 0 spiro atoms. The fourth-order valence-electron chi connectivity index (χ4n) is 1.41. The summed E-state index contributed by atoms with van der Waals surface area (Å²) in [6, 6.07) is 1.63. The van der Waals surface area contributed by atoms with Crippen LogP contribution in [0.15, 0.2) is 12.3 Å². The molecule has 2 aromatic rings. The van der Waals surface area contributed by atoms with E-state index < -0.39 is 0 Å². The third kappa shape index (κ3) is 1.62. The van der Waals surface area contributed by atoms with Crippen molar-refractivity contribution in [1.82, 2.24) is 25.0 Å². The summed E-state index contributed by atoms with van der Waals surface area (Å²) in [4.78, 5) is 4.16. The Morgan fingerprint density at radius 2 is 2.19 bits per heavy atom. The van der Waals surface area contributed by atoms with Crippen LogP contribution in [0.4, 0.5) is 0 Å². The number of rotatable bonds is 2. The predicted molar refractivity (Wildman–Crippen MR) is 57.4 cm³/mol. The lowest BCUT2D eigenvalue weighted by atomic mass is 10.2. The molecular formula is C9H11N7. The van der Waals surface area contributed by atoms with Gasteiger partial charge in [-0.1, -0.05) is 0 Å². The van der Waals surface area contributed by atoms with Gasteiger partial charge in [-0.25, -0.2) is 4.98 Å². The first-order chi connectivity index (χ1) is 7.59. The number of amidine groups is 1. The lowest BCUT2D eigenvalue weighted by Crippen LogP contribution is -2.17. The van der Waals surface area contributed by atoms with Crippen LogP contribution in [0.2, 0.25) is 0 Å². The van der Waals surface area contributed by atoms with Crippen molar-refractivity contribution >= 4 is 5.84 Å². The van der Waals surface area contributed by atoms with E-state index in [1.807, 2.05) is 0 Å². The molecule has 82 valence electrons. The molecule has 3 N–H and O–H groups in total. The number of aryl methyl sites for hydroxylation is 2. The van der Waals surface area contributed by atoms with Gasteiger partial charge < -0.3 is 5.73 Å². The van der Waals surface area contributed by atoms with E-state index in [0.29, 0.717) is 23.0 Å². The Labute approximate surface area is 91.8 Å². The van der Waals surface area contributed by atoms with E-state index in [4.69, 9.17) is 11.1 Å². The molecule has 0 aliphatic carbocycles. The zero-order chi connectivity index (χ0) is 11.7. The van der Waals surface area contributed by atoms with Gasteiger partial charge in [0.2, 0.25) is 0 Å². The van der Waals surface area contributed by atoms with Gasteiger partial charge in [-0.2, -0.15) is 9.78 Å². The topological polar surface area (TPSA) is 106 Å². The normalized spacial score (nSPS) is 10.4. The Balaban J connectivity index is 2.64. The van der Waals surface area contributed by atoms with Crippen molar-refractivity contribution in [3.8, 4) is 5.82 Å². The Morgan fingerprint density at radius 3 is 2.75 bits per heavy atom. The van der Waals surface area contributed by atoms with E-state index in [2.05, 4.69) is 20.3 Å². The van der Waals surface area contributed by atoms with Gasteiger partial charge in [0.15, 0.2) is 5.82 Å². The molecule has 0 bridgehead atoms. The fraction of sp³-hybridized carbons (Fsp3) is 0.222. The third-order valence-electron chi connectivity index (χ3n) is 2.07. The van der Waals surface area contributed by atoms with E-state index in [1.54, 1.807) is 19.9 Å². The van der Waals surface area contributed by atoms with Crippen molar-refractivity contribution in [2.24, 2.45) is 5.73 Å². The molecule has 0 radical (unpaired) electrons. The molecule has 0 aromatic carbocycles. The second-order valence-corrected chi connectivity index (χ2v) is 3.30. The average molecular weight is 217 g/mol. The molecule has 2 aromatic heterocycles. The Bertz CT molecular complexity index is 543. The van der Waals surface area contributed by atoms with E-state index in [1.165, 1.54) is 10.9 Å². The van der Waals surface area contributed by atoms with Gasteiger partial charge in [-0.3, -0.25) is 5.41 Å². The van der Waals surface area contributed by atoms with Crippen molar-refractivity contribution in [1.29, 1.82) is 5.41 Å². The molecule has 0 amide bonds. The quantitative estimate of drug-likeness (QED) is 0.542. The van der Waals surface area contributed by atoms with E-state index >= 15 is 0 Å². The molecule has 0 saturated heterocycles. The number of aromatic nitrogens is 5. The van der Waals surface area contributed by atoms with Crippen LogP contribution in [-0.4, -0.2) is 30.8 Å². The monoisotopic (exact) mass is 217 g/mol. The maximum absolute atomic E-state index is 7.45. The van der Waals surface area contributed by atoms with Crippen LogP contribution in [-0.2, 0) is 0 Å². The first-order valence-electron chi connectivity index (χ1n) is 4.66. The number of hydrogen-bond acceptors (Lipinski definition) is 5. The Hall–Kier alpha value is -2.31. The van der Waals surface area contributed by atoms with Crippen molar-refractivity contribution in [3.63, 3.8) is 0 Å². The minimum atomic E-state index is -0.0718. The predicted octanol–water partition coefficient (Wildman–Crippen LogP) is -0.0418. The molecule has 0 aliphatic heterocycles. The van der Waals surface area contributed by atoms with E-state index in [-0.39, 0.29) is 5.84 Å². The molecule has 2 heterocycles. The van der Waals surface area contributed by atoms with Gasteiger partial charge >= 0.3 is 0 Å². The molecule has 0 aliphatic rings. The second kappa shape index (κ2) is 3.69. The zero-order valence-electron chi connectivity index (χ0n) is 8.97. The Kier molecular flexibility index (Phi) is 2.35. The summed E-state index contributed by atoms with van der Waals surface area (Å²) >= 11 is 0. The van der Waals surface area contributed by atoms with Gasteiger partial charge in [0.25, 0.3) is 0 Å². The largest absolute Gasteiger partial charge is 0.384 e. The second-order valence-electron chi connectivity index (χ2n) is 3.30. The summed E-state index contributed by atoms with van der Waals surface area (Å²) in [5.41, 5.74) is 5.95. The maximum Gasteiger partial charge on any atom is 0.188 e. The minimum Gasteiger partial charge on any atom is -0.384 e. The van der Waals surface area contributed by atoms with Crippen molar-refractivity contribution < 1.29 is 0 Å². The first kappa shape index (κ1) is 10.2. The molecular weight excluding hydrogens is 206 g/mol. The molecule has 16 heavy (non-hydrogen) atoms. The summed E-state index contributed by atoms with van der Waals surface area (Å²) in [6.45, 7) is 3.59. The number of hydrogen-bond donors (Lipinski definition) is 2. The maximum atomic E-state index is 7.45. The molecule has 0 fully saturated rings. The number of nitrogen functional groups attached to an aromatic ring is 1. The van der Waals surface area contributed by atoms with Gasteiger partial charge in [-0.05, 0) is 19.9 Å². The van der Waals surface area contributed by atoms with Gasteiger partial charge in [0.1, 0.15) is 17.5 Å². The third-order valence-corrected chi connectivity index (χ3v) is 2.07. The van der Waals surface area contributed by atoms with Crippen molar-refractivity contribution in [3.05, 3.63) is 29.5 Å². The molecule has 0 atom stereocenters. The van der Waals surface area contributed by atoms with Crippen LogP contribution < -0.4 is 5.73 Å². The average Bonchev–Trinajstić information content (AvgIpc) is 2.57. The van der Waals surface area contributed by atoms with Crippen LogP contribution in [0.5, 0.6) is 0 Å². The van der Waals surface area contributed by atoms with Crippen LogP contribution >= 0.6 is 0 Å². The SMILES string of the molecule is Cc1nc(C)n(-c2nnccc2C(=N)N)n1. The zero-order valence-corrected chi connectivity index (χ0v) is 8.97.